The normalized spacial score (nSPS) is 12.2. The fourth-order valence-corrected chi connectivity index (χ4v) is 1.95. The van der Waals surface area contributed by atoms with Crippen molar-refractivity contribution in [3.8, 4) is 11.5 Å². The SMILES string of the molecule is CC[C@@H](O)c1ccc(Oc2ccc(C)cc2Cl)cn1. The Morgan fingerprint density at radius 1 is 1.32 bits per heavy atom. The van der Waals surface area contributed by atoms with Gasteiger partial charge in [0.15, 0.2) is 0 Å². The number of aliphatic hydroxyl groups is 1. The zero-order chi connectivity index (χ0) is 13.8. The van der Waals surface area contributed by atoms with E-state index in [-0.39, 0.29) is 0 Å². The van der Waals surface area contributed by atoms with Gasteiger partial charge in [-0.3, -0.25) is 4.98 Å². The van der Waals surface area contributed by atoms with E-state index in [2.05, 4.69) is 4.98 Å². The summed E-state index contributed by atoms with van der Waals surface area (Å²) in [4.78, 5) is 4.17. The molecule has 0 aliphatic rings. The third kappa shape index (κ3) is 3.46. The molecule has 0 saturated heterocycles. The molecule has 0 aliphatic carbocycles. The predicted molar refractivity (Wildman–Crippen MR) is 75.8 cm³/mol. The van der Waals surface area contributed by atoms with Gasteiger partial charge in [-0.25, -0.2) is 0 Å². The first kappa shape index (κ1) is 13.8. The molecule has 100 valence electrons. The average Bonchev–Trinajstić information content (AvgIpc) is 2.42. The maximum absolute atomic E-state index is 9.66. The molecule has 0 saturated carbocycles. The first-order valence-electron chi connectivity index (χ1n) is 6.18. The lowest BCUT2D eigenvalue weighted by molar-refractivity contribution is 0.169. The molecule has 3 nitrogen and oxygen atoms in total. The van der Waals surface area contributed by atoms with Crippen molar-refractivity contribution in [3.63, 3.8) is 0 Å². The lowest BCUT2D eigenvalue weighted by atomic mass is 10.2. The summed E-state index contributed by atoms with van der Waals surface area (Å²) in [5, 5.41) is 10.2. The van der Waals surface area contributed by atoms with Crippen LogP contribution in [0.2, 0.25) is 5.02 Å². The summed E-state index contributed by atoms with van der Waals surface area (Å²) < 4.78 is 5.66. The maximum Gasteiger partial charge on any atom is 0.146 e. The number of aliphatic hydroxyl groups excluding tert-OH is 1. The zero-order valence-electron chi connectivity index (χ0n) is 10.9. The summed E-state index contributed by atoms with van der Waals surface area (Å²) in [6.07, 6.45) is 1.69. The van der Waals surface area contributed by atoms with Gasteiger partial charge < -0.3 is 9.84 Å². The van der Waals surface area contributed by atoms with Crippen LogP contribution >= 0.6 is 11.6 Å². The lowest BCUT2D eigenvalue weighted by Gasteiger charge is -2.10. The number of ether oxygens (including phenoxy) is 1. The molecule has 0 spiro atoms. The number of halogens is 1. The monoisotopic (exact) mass is 277 g/mol. The number of nitrogens with zero attached hydrogens (tertiary/aromatic N) is 1. The van der Waals surface area contributed by atoms with Gasteiger partial charge in [0.25, 0.3) is 0 Å². The van der Waals surface area contributed by atoms with Gasteiger partial charge in [-0.2, -0.15) is 0 Å². The van der Waals surface area contributed by atoms with Gasteiger partial charge in [-0.1, -0.05) is 24.6 Å². The van der Waals surface area contributed by atoms with E-state index in [0.29, 0.717) is 28.6 Å². The van der Waals surface area contributed by atoms with Crippen LogP contribution in [0.3, 0.4) is 0 Å². The summed E-state index contributed by atoms with van der Waals surface area (Å²) in [6, 6.07) is 9.14. The Labute approximate surface area is 117 Å². The number of pyridine rings is 1. The highest BCUT2D eigenvalue weighted by Gasteiger charge is 2.07. The van der Waals surface area contributed by atoms with Crippen molar-refractivity contribution in [2.45, 2.75) is 26.4 Å². The summed E-state index contributed by atoms with van der Waals surface area (Å²) in [7, 11) is 0. The molecule has 1 heterocycles. The van der Waals surface area contributed by atoms with Crippen molar-refractivity contribution in [1.29, 1.82) is 0 Å². The van der Waals surface area contributed by atoms with Crippen LogP contribution in [0, 0.1) is 6.92 Å². The summed E-state index contributed by atoms with van der Waals surface area (Å²) in [5.74, 6) is 1.19. The van der Waals surface area contributed by atoms with Gasteiger partial charge in [-0.05, 0) is 43.2 Å². The van der Waals surface area contributed by atoms with Crippen LogP contribution in [0.4, 0.5) is 0 Å². The Hall–Kier alpha value is -1.58. The molecule has 0 bridgehead atoms. The first-order chi connectivity index (χ1) is 9.10. The first-order valence-corrected chi connectivity index (χ1v) is 6.56. The van der Waals surface area contributed by atoms with E-state index in [1.165, 1.54) is 0 Å². The Balaban J connectivity index is 2.15. The number of hydrogen-bond acceptors (Lipinski definition) is 3. The summed E-state index contributed by atoms with van der Waals surface area (Å²) in [6.45, 7) is 3.88. The minimum atomic E-state index is -0.531. The third-order valence-electron chi connectivity index (χ3n) is 2.80. The van der Waals surface area contributed by atoms with Crippen molar-refractivity contribution in [2.24, 2.45) is 0 Å². The van der Waals surface area contributed by atoms with Crippen LogP contribution < -0.4 is 4.74 Å². The largest absolute Gasteiger partial charge is 0.454 e. The Bertz CT molecular complexity index is 555. The molecule has 1 aromatic carbocycles. The second-order valence-electron chi connectivity index (χ2n) is 4.38. The molecule has 19 heavy (non-hydrogen) atoms. The van der Waals surface area contributed by atoms with Crippen molar-refractivity contribution < 1.29 is 9.84 Å². The number of rotatable bonds is 4. The minimum absolute atomic E-state index is 0.531. The highest BCUT2D eigenvalue weighted by atomic mass is 35.5. The van der Waals surface area contributed by atoms with E-state index in [4.69, 9.17) is 16.3 Å². The molecule has 2 rings (SSSR count). The van der Waals surface area contributed by atoms with E-state index in [9.17, 15) is 5.11 Å². The number of benzene rings is 1. The maximum atomic E-state index is 9.66. The number of hydrogen-bond donors (Lipinski definition) is 1. The highest BCUT2D eigenvalue weighted by molar-refractivity contribution is 6.32. The van der Waals surface area contributed by atoms with Crippen LogP contribution in [0.15, 0.2) is 36.5 Å². The molecule has 1 aromatic heterocycles. The molecule has 4 heteroatoms. The van der Waals surface area contributed by atoms with Crippen molar-refractivity contribution in [1.82, 2.24) is 4.98 Å². The predicted octanol–water partition coefficient (Wildman–Crippen LogP) is 4.28. The highest BCUT2D eigenvalue weighted by Crippen LogP contribution is 2.30. The molecule has 0 unspecified atom stereocenters. The fraction of sp³-hybridized carbons (Fsp3) is 0.267. The van der Waals surface area contributed by atoms with Crippen LogP contribution in [-0.4, -0.2) is 10.1 Å². The van der Waals surface area contributed by atoms with Gasteiger partial charge in [0.05, 0.1) is 23.0 Å². The number of aromatic nitrogens is 1. The van der Waals surface area contributed by atoms with Gasteiger partial charge in [0.2, 0.25) is 0 Å². The minimum Gasteiger partial charge on any atom is -0.454 e. The Morgan fingerprint density at radius 3 is 2.68 bits per heavy atom. The van der Waals surface area contributed by atoms with Gasteiger partial charge in [0, 0.05) is 0 Å². The second kappa shape index (κ2) is 6.04. The smallest absolute Gasteiger partial charge is 0.146 e. The van der Waals surface area contributed by atoms with Crippen LogP contribution in [0.25, 0.3) is 0 Å². The molecule has 2 aromatic rings. The van der Waals surface area contributed by atoms with E-state index >= 15 is 0 Å². The molecule has 0 fully saturated rings. The van der Waals surface area contributed by atoms with E-state index < -0.39 is 6.10 Å². The topological polar surface area (TPSA) is 42.4 Å². The summed E-state index contributed by atoms with van der Waals surface area (Å²) >= 11 is 6.10. The molecule has 0 aliphatic heterocycles. The van der Waals surface area contributed by atoms with Gasteiger partial charge in [0.1, 0.15) is 11.5 Å². The molecule has 0 radical (unpaired) electrons. The fourth-order valence-electron chi connectivity index (χ4n) is 1.67. The molecular formula is C15H16ClNO2. The van der Waals surface area contributed by atoms with Crippen LogP contribution in [0.5, 0.6) is 11.5 Å². The van der Waals surface area contributed by atoms with Crippen LogP contribution in [0.1, 0.15) is 30.7 Å². The lowest BCUT2D eigenvalue weighted by Crippen LogP contribution is -1.98. The van der Waals surface area contributed by atoms with Crippen LogP contribution in [-0.2, 0) is 0 Å². The molecule has 1 N–H and O–H groups in total. The number of aryl methyl sites for hydroxylation is 1. The molecular weight excluding hydrogens is 262 g/mol. The summed E-state index contributed by atoms with van der Waals surface area (Å²) in [5.41, 5.74) is 1.72. The van der Waals surface area contributed by atoms with E-state index in [1.54, 1.807) is 18.3 Å². The van der Waals surface area contributed by atoms with E-state index in [0.717, 1.165) is 5.56 Å². The molecule has 0 amide bonds. The van der Waals surface area contributed by atoms with Crippen molar-refractivity contribution >= 4 is 11.6 Å². The van der Waals surface area contributed by atoms with Gasteiger partial charge >= 0.3 is 0 Å². The Kier molecular flexibility index (Phi) is 4.40. The van der Waals surface area contributed by atoms with Crippen molar-refractivity contribution in [2.75, 3.05) is 0 Å². The van der Waals surface area contributed by atoms with Crippen molar-refractivity contribution in [3.05, 3.63) is 52.8 Å². The Morgan fingerprint density at radius 2 is 2.11 bits per heavy atom. The quantitative estimate of drug-likeness (QED) is 0.907. The van der Waals surface area contributed by atoms with Gasteiger partial charge in [-0.15, -0.1) is 0 Å². The van der Waals surface area contributed by atoms with E-state index in [1.807, 2.05) is 32.0 Å². The zero-order valence-corrected chi connectivity index (χ0v) is 11.7. The molecule has 1 atom stereocenters. The standard InChI is InChI=1S/C15H16ClNO2/c1-3-14(18)13-6-5-11(9-17-13)19-15-7-4-10(2)8-12(15)16/h4-9,14,18H,3H2,1-2H3/t14-/m1/s1. The second-order valence-corrected chi connectivity index (χ2v) is 4.79. The third-order valence-corrected chi connectivity index (χ3v) is 3.10. The average molecular weight is 278 g/mol.